The Bertz CT molecular complexity index is 422. The van der Waals surface area contributed by atoms with Crippen LogP contribution in [0.4, 0.5) is 5.82 Å². The summed E-state index contributed by atoms with van der Waals surface area (Å²) in [5, 5.41) is 2.90. The van der Waals surface area contributed by atoms with Gasteiger partial charge in [0.15, 0.2) is 0 Å². The number of nitrogen functional groups attached to an aromatic ring is 1. The van der Waals surface area contributed by atoms with Crippen LogP contribution in [0.2, 0.25) is 0 Å². The van der Waals surface area contributed by atoms with Gasteiger partial charge in [-0.1, -0.05) is 13.0 Å². The molecule has 2 heterocycles. The predicted molar refractivity (Wildman–Crippen MR) is 69.1 cm³/mol. The van der Waals surface area contributed by atoms with E-state index in [1.165, 1.54) is 0 Å². The molecule has 0 aliphatic carbocycles. The summed E-state index contributed by atoms with van der Waals surface area (Å²) in [6.07, 6.45) is 2.25. The monoisotopic (exact) mass is 249 g/mol. The number of amides is 1. The van der Waals surface area contributed by atoms with E-state index in [1.807, 2.05) is 0 Å². The molecule has 2 atom stereocenters. The summed E-state index contributed by atoms with van der Waals surface area (Å²) in [5.74, 6) is 0.586. The number of nitrogens with one attached hydrogen (secondary N) is 1. The van der Waals surface area contributed by atoms with Crippen LogP contribution in [0, 0.1) is 5.92 Å². The van der Waals surface area contributed by atoms with Crippen LogP contribution in [0.3, 0.4) is 0 Å². The summed E-state index contributed by atoms with van der Waals surface area (Å²) >= 11 is 0. The lowest BCUT2D eigenvalue weighted by Crippen LogP contribution is -2.33. The summed E-state index contributed by atoms with van der Waals surface area (Å²) in [5.41, 5.74) is 5.91. The topological polar surface area (TPSA) is 77.2 Å². The molecule has 18 heavy (non-hydrogen) atoms. The van der Waals surface area contributed by atoms with Crippen molar-refractivity contribution in [3.8, 4) is 0 Å². The average molecular weight is 249 g/mol. The summed E-state index contributed by atoms with van der Waals surface area (Å²) in [6.45, 7) is 3.52. The first-order valence-corrected chi connectivity index (χ1v) is 6.33. The van der Waals surface area contributed by atoms with Gasteiger partial charge in [-0.15, -0.1) is 0 Å². The molecule has 1 aliphatic rings. The SMILES string of the molecule is CCC1OCCC1CNC(=O)c1cccc(N)n1. The normalized spacial score (nSPS) is 22.9. The maximum Gasteiger partial charge on any atom is 0.269 e. The Balaban J connectivity index is 1.88. The van der Waals surface area contributed by atoms with Gasteiger partial charge in [0.25, 0.3) is 5.91 Å². The Morgan fingerprint density at radius 3 is 3.17 bits per heavy atom. The van der Waals surface area contributed by atoms with Crippen molar-refractivity contribution in [1.82, 2.24) is 10.3 Å². The van der Waals surface area contributed by atoms with E-state index in [0.717, 1.165) is 19.4 Å². The first kappa shape index (κ1) is 12.8. The van der Waals surface area contributed by atoms with Crippen molar-refractivity contribution < 1.29 is 9.53 Å². The molecule has 1 aliphatic heterocycles. The molecule has 5 nitrogen and oxygen atoms in total. The number of hydrogen-bond donors (Lipinski definition) is 2. The molecule has 2 rings (SSSR count). The Morgan fingerprint density at radius 1 is 1.61 bits per heavy atom. The molecule has 1 aromatic heterocycles. The van der Waals surface area contributed by atoms with Crippen molar-refractivity contribution in [2.24, 2.45) is 5.92 Å². The van der Waals surface area contributed by atoms with E-state index in [2.05, 4.69) is 17.2 Å². The highest BCUT2D eigenvalue weighted by Gasteiger charge is 2.26. The molecule has 0 spiro atoms. The number of carbonyl (C=O) groups is 1. The molecule has 1 amide bonds. The van der Waals surface area contributed by atoms with Gasteiger partial charge in [0.1, 0.15) is 11.5 Å². The Labute approximate surface area is 107 Å². The number of anilines is 1. The largest absolute Gasteiger partial charge is 0.384 e. The van der Waals surface area contributed by atoms with E-state index >= 15 is 0 Å². The fourth-order valence-electron chi connectivity index (χ4n) is 2.27. The van der Waals surface area contributed by atoms with Crippen molar-refractivity contribution in [3.05, 3.63) is 23.9 Å². The van der Waals surface area contributed by atoms with Gasteiger partial charge in [-0.3, -0.25) is 4.79 Å². The van der Waals surface area contributed by atoms with Crippen LogP contribution < -0.4 is 11.1 Å². The van der Waals surface area contributed by atoms with E-state index in [4.69, 9.17) is 10.5 Å². The number of aromatic nitrogens is 1. The molecular formula is C13H19N3O2. The number of pyridine rings is 1. The number of carbonyl (C=O) groups excluding carboxylic acids is 1. The van der Waals surface area contributed by atoms with Gasteiger partial charge in [0.05, 0.1) is 6.10 Å². The maximum atomic E-state index is 11.9. The zero-order valence-corrected chi connectivity index (χ0v) is 10.6. The van der Waals surface area contributed by atoms with Gasteiger partial charge in [-0.25, -0.2) is 4.98 Å². The maximum absolute atomic E-state index is 11.9. The minimum absolute atomic E-state index is 0.177. The number of hydrogen-bond acceptors (Lipinski definition) is 4. The Morgan fingerprint density at radius 2 is 2.44 bits per heavy atom. The first-order valence-electron chi connectivity index (χ1n) is 6.33. The lowest BCUT2D eigenvalue weighted by Gasteiger charge is -2.17. The van der Waals surface area contributed by atoms with Crippen LogP contribution in [-0.2, 0) is 4.74 Å². The van der Waals surface area contributed by atoms with Gasteiger partial charge in [0, 0.05) is 19.1 Å². The van der Waals surface area contributed by atoms with Crippen LogP contribution in [0.15, 0.2) is 18.2 Å². The van der Waals surface area contributed by atoms with Crippen LogP contribution in [0.5, 0.6) is 0 Å². The number of ether oxygens (including phenoxy) is 1. The average Bonchev–Trinajstić information content (AvgIpc) is 2.83. The van der Waals surface area contributed by atoms with Gasteiger partial charge in [0.2, 0.25) is 0 Å². The molecule has 1 saturated heterocycles. The van der Waals surface area contributed by atoms with E-state index in [1.54, 1.807) is 18.2 Å². The molecule has 0 bridgehead atoms. The quantitative estimate of drug-likeness (QED) is 0.840. The Kier molecular flexibility index (Phi) is 4.15. The second-order valence-electron chi connectivity index (χ2n) is 4.52. The molecule has 0 saturated carbocycles. The third-order valence-corrected chi connectivity index (χ3v) is 3.28. The lowest BCUT2D eigenvalue weighted by molar-refractivity contribution is 0.0825. The van der Waals surface area contributed by atoms with Gasteiger partial charge in [-0.05, 0) is 25.0 Å². The summed E-state index contributed by atoms with van der Waals surface area (Å²) in [6, 6.07) is 5.05. The Hall–Kier alpha value is -1.62. The van der Waals surface area contributed by atoms with Crippen molar-refractivity contribution in [1.29, 1.82) is 0 Å². The predicted octanol–water partition coefficient (Wildman–Crippen LogP) is 1.21. The standard InChI is InChI=1S/C13H19N3O2/c1-2-11-9(6-7-18-11)8-15-13(17)10-4-3-5-12(14)16-10/h3-5,9,11H,2,6-8H2,1H3,(H2,14,16)(H,15,17). The minimum Gasteiger partial charge on any atom is -0.384 e. The zero-order chi connectivity index (χ0) is 13.0. The molecule has 1 fully saturated rings. The molecule has 0 radical (unpaired) electrons. The van der Waals surface area contributed by atoms with Gasteiger partial charge in [-0.2, -0.15) is 0 Å². The second-order valence-corrected chi connectivity index (χ2v) is 4.52. The fraction of sp³-hybridized carbons (Fsp3) is 0.538. The van der Waals surface area contributed by atoms with Crippen LogP contribution >= 0.6 is 0 Å². The van der Waals surface area contributed by atoms with E-state index < -0.39 is 0 Å². The highest BCUT2D eigenvalue weighted by atomic mass is 16.5. The zero-order valence-electron chi connectivity index (χ0n) is 10.6. The van der Waals surface area contributed by atoms with Crippen molar-refractivity contribution in [2.45, 2.75) is 25.9 Å². The van der Waals surface area contributed by atoms with Crippen molar-refractivity contribution in [3.63, 3.8) is 0 Å². The van der Waals surface area contributed by atoms with E-state index in [9.17, 15) is 4.79 Å². The first-order chi connectivity index (χ1) is 8.70. The summed E-state index contributed by atoms with van der Waals surface area (Å²) in [4.78, 5) is 15.9. The van der Waals surface area contributed by atoms with Crippen LogP contribution in [0.1, 0.15) is 30.3 Å². The molecular weight excluding hydrogens is 230 g/mol. The third-order valence-electron chi connectivity index (χ3n) is 3.28. The van der Waals surface area contributed by atoms with Crippen molar-refractivity contribution >= 4 is 11.7 Å². The molecule has 3 N–H and O–H groups in total. The molecule has 5 heteroatoms. The van der Waals surface area contributed by atoms with E-state index in [0.29, 0.717) is 24.0 Å². The fourth-order valence-corrected chi connectivity index (χ4v) is 2.27. The summed E-state index contributed by atoms with van der Waals surface area (Å²) < 4.78 is 5.58. The highest BCUT2D eigenvalue weighted by Crippen LogP contribution is 2.22. The van der Waals surface area contributed by atoms with Crippen LogP contribution in [-0.4, -0.2) is 30.1 Å². The molecule has 2 unspecified atom stereocenters. The minimum atomic E-state index is -0.177. The van der Waals surface area contributed by atoms with E-state index in [-0.39, 0.29) is 12.0 Å². The summed E-state index contributed by atoms with van der Waals surface area (Å²) in [7, 11) is 0. The molecule has 0 aromatic carbocycles. The lowest BCUT2D eigenvalue weighted by atomic mass is 10.00. The van der Waals surface area contributed by atoms with Gasteiger partial charge >= 0.3 is 0 Å². The third kappa shape index (κ3) is 2.98. The molecule has 98 valence electrons. The number of nitrogens with two attached hydrogens (primary N) is 1. The number of nitrogens with zero attached hydrogens (tertiary/aromatic N) is 1. The smallest absolute Gasteiger partial charge is 0.269 e. The van der Waals surface area contributed by atoms with Crippen molar-refractivity contribution in [2.75, 3.05) is 18.9 Å². The number of rotatable bonds is 4. The second kappa shape index (κ2) is 5.82. The van der Waals surface area contributed by atoms with Gasteiger partial charge < -0.3 is 15.8 Å². The molecule has 1 aromatic rings. The highest BCUT2D eigenvalue weighted by molar-refractivity contribution is 5.92. The van der Waals surface area contributed by atoms with Crippen LogP contribution in [0.25, 0.3) is 0 Å².